The topological polar surface area (TPSA) is 113 Å². The summed E-state index contributed by atoms with van der Waals surface area (Å²) in [5.41, 5.74) is 0.908. The molecule has 0 aliphatic carbocycles. The van der Waals surface area contributed by atoms with Crippen LogP contribution in [0.3, 0.4) is 0 Å². The van der Waals surface area contributed by atoms with Crippen molar-refractivity contribution < 1.29 is 19.0 Å². The predicted molar refractivity (Wildman–Crippen MR) is 155 cm³/mol. The number of carboxylic acids is 1. The van der Waals surface area contributed by atoms with Crippen LogP contribution in [0, 0.1) is 6.92 Å². The number of ether oxygens (including phenoxy) is 1. The Kier molecular flexibility index (Phi) is 9.31. The minimum Gasteiger partial charge on any atom is -0.497 e. The van der Waals surface area contributed by atoms with E-state index < -0.39 is 41.5 Å². The summed E-state index contributed by atoms with van der Waals surface area (Å²) in [6.45, 7) is 1.23. The number of aliphatic carboxylic acids is 1. The van der Waals surface area contributed by atoms with Crippen molar-refractivity contribution in [2.75, 3.05) is 13.7 Å². The maximum atomic E-state index is 15.5. The highest BCUT2D eigenvalue weighted by atomic mass is 19.1. The van der Waals surface area contributed by atoms with Gasteiger partial charge in [-0.15, -0.1) is 0 Å². The summed E-state index contributed by atoms with van der Waals surface area (Å²) in [4.78, 5) is 37.7. The summed E-state index contributed by atoms with van der Waals surface area (Å²) in [5, 5.41) is 13.1. The molecule has 1 heterocycles. The van der Waals surface area contributed by atoms with Crippen molar-refractivity contribution >= 4 is 5.97 Å². The van der Waals surface area contributed by atoms with E-state index in [9.17, 15) is 19.5 Å². The van der Waals surface area contributed by atoms with Gasteiger partial charge in [0.25, 0.3) is 5.56 Å². The third kappa shape index (κ3) is 6.70. The van der Waals surface area contributed by atoms with Crippen LogP contribution in [-0.2, 0) is 16.9 Å². The van der Waals surface area contributed by atoms with Crippen LogP contribution >= 0.6 is 0 Å². The SMILES string of the molecule is COc1ccc(C(NCC/C(CC(=O)O)=C(/F)Cn2cc(C)c(=O)[nH]c2=O)(c2ccccc2)c2ccccc2)cc1. The summed E-state index contributed by atoms with van der Waals surface area (Å²) in [7, 11) is 1.60. The first-order valence-electron chi connectivity index (χ1n) is 13.1. The molecule has 3 N–H and O–H groups in total. The molecule has 4 aromatic rings. The largest absolute Gasteiger partial charge is 0.497 e. The van der Waals surface area contributed by atoms with Gasteiger partial charge in [0.2, 0.25) is 0 Å². The number of nitrogens with zero attached hydrogens (tertiary/aromatic N) is 1. The highest BCUT2D eigenvalue weighted by Crippen LogP contribution is 2.37. The summed E-state index contributed by atoms with van der Waals surface area (Å²) < 4.78 is 21.9. The van der Waals surface area contributed by atoms with E-state index in [2.05, 4.69) is 10.3 Å². The van der Waals surface area contributed by atoms with Crippen LogP contribution in [-0.4, -0.2) is 34.3 Å². The van der Waals surface area contributed by atoms with Crippen LogP contribution in [0.1, 0.15) is 35.1 Å². The number of aromatic amines is 1. The quantitative estimate of drug-likeness (QED) is 0.221. The zero-order valence-electron chi connectivity index (χ0n) is 22.9. The molecule has 3 aromatic carbocycles. The lowest BCUT2D eigenvalue weighted by Crippen LogP contribution is -2.45. The average Bonchev–Trinajstić information content (AvgIpc) is 2.98. The van der Waals surface area contributed by atoms with Crippen molar-refractivity contribution in [1.82, 2.24) is 14.9 Å². The van der Waals surface area contributed by atoms with Crippen molar-refractivity contribution in [3.63, 3.8) is 0 Å². The molecule has 41 heavy (non-hydrogen) atoms. The van der Waals surface area contributed by atoms with Crippen molar-refractivity contribution in [1.29, 1.82) is 0 Å². The molecule has 9 heteroatoms. The van der Waals surface area contributed by atoms with Crippen LogP contribution in [0.4, 0.5) is 4.39 Å². The fourth-order valence-electron chi connectivity index (χ4n) is 4.92. The van der Waals surface area contributed by atoms with Crippen LogP contribution in [0.2, 0.25) is 0 Å². The standard InChI is InChI=1S/C32H32FN3O5/c1-22-20-36(31(40)35-30(22)39)21-28(33)23(19-29(37)38)17-18-34-32(24-9-5-3-6-10-24,25-11-7-4-8-12-25)26-13-15-27(41-2)16-14-26/h3-16,20,34H,17-19,21H2,1-2H3,(H,37,38)(H,35,39,40)/b28-23-. The second kappa shape index (κ2) is 13.1. The van der Waals surface area contributed by atoms with E-state index in [0.717, 1.165) is 21.3 Å². The number of H-pyrrole nitrogens is 1. The lowest BCUT2D eigenvalue weighted by Gasteiger charge is -2.37. The Morgan fingerprint density at radius 1 is 0.951 bits per heavy atom. The number of hydrogen-bond donors (Lipinski definition) is 3. The first-order chi connectivity index (χ1) is 19.7. The average molecular weight is 558 g/mol. The molecule has 1 aromatic heterocycles. The summed E-state index contributed by atoms with van der Waals surface area (Å²) in [6.07, 6.45) is 0.792. The second-order valence-corrected chi connectivity index (χ2v) is 9.67. The van der Waals surface area contributed by atoms with Gasteiger partial charge in [0.1, 0.15) is 11.6 Å². The number of hydrogen-bond acceptors (Lipinski definition) is 5. The number of methoxy groups -OCH3 is 1. The number of benzene rings is 3. The van der Waals surface area contributed by atoms with Crippen LogP contribution < -0.4 is 21.3 Å². The van der Waals surface area contributed by atoms with Gasteiger partial charge in [-0.05, 0) is 47.7 Å². The van der Waals surface area contributed by atoms with Crippen LogP contribution in [0.25, 0.3) is 0 Å². The van der Waals surface area contributed by atoms with Gasteiger partial charge in [0, 0.05) is 18.3 Å². The zero-order valence-corrected chi connectivity index (χ0v) is 22.9. The zero-order chi connectivity index (χ0) is 29.4. The number of rotatable bonds is 12. The molecular weight excluding hydrogens is 525 g/mol. The highest BCUT2D eigenvalue weighted by molar-refractivity contribution is 5.70. The molecule has 0 atom stereocenters. The molecule has 0 unspecified atom stereocenters. The van der Waals surface area contributed by atoms with E-state index >= 15 is 4.39 Å². The fraction of sp³-hybridized carbons (Fsp3) is 0.219. The van der Waals surface area contributed by atoms with Crippen molar-refractivity contribution in [3.8, 4) is 5.75 Å². The smallest absolute Gasteiger partial charge is 0.328 e. The molecule has 0 aliphatic heterocycles. The number of aryl methyl sites for hydroxylation is 1. The van der Waals surface area contributed by atoms with Gasteiger partial charge in [-0.3, -0.25) is 24.5 Å². The molecule has 0 spiro atoms. The molecule has 0 bridgehead atoms. The maximum absolute atomic E-state index is 15.5. The first-order valence-corrected chi connectivity index (χ1v) is 13.1. The molecule has 0 saturated carbocycles. The molecule has 4 rings (SSSR count). The minimum absolute atomic E-state index is 0.0468. The van der Waals surface area contributed by atoms with Gasteiger partial charge in [-0.25, -0.2) is 9.18 Å². The van der Waals surface area contributed by atoms with Crippen molar-refractivity contribution in [2.24, 2.45) is 0 Å². The molecule has 0 amide bonds. The highest BCUT2D eigenvalue weighted by Gasteiger charge is 2.36. The second-order valence-electron chi connectivity index (χ2n) is 9.67. The van der Waals surface area contributed by atoms with Gasteiger partial charge < -0.3 is 9.84 Å². The van der Waals surface area contributed by atoms with E-state index in [0.29, 0.717) is 5.75 Å². The van der Waals surface area contributed by atoms with E-state index in [1.54, 1.807) is 7.11 Å². The predicted octanol–water partition coefficient (Wildman–Crippen LogP) is 4.52. The molecular formula is C32H32FN3O5. The number of carboxylic acid groups (broad SMARTS) is 1. The van der Waals surface area contributed by atoms with Crippen LogP contribution in [0.5, 0.6) is 5.75 Å². The van der Waals surface area contributed by atoms with Gasteiger partial charge >= 0.3 is 11.7 Å². The van der Waals surface area contributed by atoms with Gasteiger partial charge in [-0.1, -0.05) is 72.8 Å². The molecule has 0 radical (unpaired) electrons. The van der Waals surface area contributed by atoms with E-state index in [4.69, 9.17) is 4.74 Å². The van der Waals surface area contributed by atoms with Crippen LogP contribution in [0.15, 0.2) is 112 Å². The normalized spacial score (nSPS) is 12.1. The fourth-order valence-corrected chi connectivity index (χ4v) is 4.92. The molecule has 8 nitrogen and oxygen atoms in total. The molecule has 0 aliphatic rings. The Bertz CT molecular complexity index is 1590. The first kappa shape index (κ1) is 29.2. The Balaban J connectivity index is 1.73. The number of aromatic nitrogens is 2. The summed E-state index contributed by atoms with van der Waals surface area (Å²) in [6, 6.07) is 27.3. The van der Waals surface area contributed by atoms with E-state index in [1.165, 1.54) is 13.1 Å². The number of carbonyl (C=O) groups is 1. The lowest BCUT2D eigenvalue weighted by atomic mass is 9.77. The maximum Gasteiger partial charge on any atom is 0.328 e. The Hall–Kier alpha value is -4.76. The molecule has 212 valence electrons. The third-order valence-corrected chi connectivity index (χ3v) is 7.00. The van der Waals surface area contributed by atoms with Crippen molar-refractivity contribution in [2.45, 2.75) is 31.8 Å². The Labute approximate surface area is 236 Å². The molecule has 0 fully saturated rings. The third-order valence-electron chi connectivity index (χ3n) is 7.00. The number of halogens is 1. The van der Waals surface area contributed by atoms with Gasteiger partial charge in [0.05, 0.1) is 25.6 Å². The number of nitrogens with one attached hydrogen (secondary N) is 2. The minimum atomic E-state index is -1.19. The summed E-state index contributed by atoms with van der Waals surface area (Å²) >= 11 is 0. The van der Waals surface area contributed by atoms with Crippen molar-refractivity contribution in [3.05, 3.63) is 146 Å². The van der Waals surface area contributed by atoms with E-state index in [-0.39, 0.29) is 24.1 Å². The van der Waals surface area contributed by atoms with E-state index in [1.807, 2.05) is 84.9 Å². The van der Waals surface area contributed by atoms with Gasteiger partial charge in [0.15, 0.2) is 0 Å². The lowest BCUT2D eigenvalue weighted by molar-refractivity contribution is -0.136. The monoisotopic (exact) mass is 557 g/mol. The molecule has 0 saturated heterocycles. The number of allylic oxidation sites excluding steroid dienone is 1. The van der Waals surface area contributed by atoms with Gasteiger partial charge in [-0.2, -0.15) is 0 Å². The summed E-state index contributed by atoms with van der Waals surface area (Å²) in [5.74, 6) is -1.23. The Morgan fingerprint density at radius 2 is 1.51 bits per heavy atom. The Morgan fingerprint density at radius 3 is 2.05 bits per heavy atom.